The Labute approximate surface area is 96.8 Å². The number of nitrogens with two attached hydrogens (primary N) is 1. The molecule has 1 saturated heterocycles. The first-order valence-electron chi connectivity index (χ1n) is 5.92. The molecule has 1 unspecified atom stereocenters. The highest BCUT2D eigenvalue weighted by Gasteiger charge is 2.16. The number of hydrazine groups is 1. The summed E-state index contributed by atoms with van der Waals surface area (Å²) in [5.41, 5.74) is 3.86. The first kappa shape index (κ1) is 11.4. The van der Waals surface area contributed by atoms with Crippen molar-refractivity contribution in [3.63, 3.8) is 0 Å². The van der Waals surface area contributed by atoms with E-state index in [0.29, 0.717) is 0 Å². The number of rotatable bonds is 3. The fourth-order valence-electron chi connectivity index (χ4n) is 2.34. The van der Waals surface area contributed by atoms with Gasteiger partial charge in [-0.25, -0.2) is 10.8 Å². The van der Waals surface area contributed by atoms with Crippen molar-refractivity contribution in [3.8, 4) is 0 Å². The maximum absolute atomic E-state index is 5.35. The van der Waals surface area contributed by atoms with Gasteiger partial charge in [-0.2, -0.15) is 0 Å². The molecule has 1 aliphatic heterocycles. The fraction of sp³-hybridized carbons (Fsp3) is 0.583. The number of aromatic nitrogens is 1. The Morgan fingerprint density at radius 1 is 1.62 bits per heavy atom. The van der Waals surface area contributed by atoms with Gasteiger partial charge in [0.1, 0.15) is 5.82 Å². The van der Waals surface area contributed by atoms with Gasteiger partial charge in [-0.3, -0.25) is 4.90 Å². The van der Waals surface area contributed by atoms with Gasteiger partial charge in [0, 0.05) is 19.3 Å². The van der Waals surface area contributed by atoms with E-state index in [1.807, 2.05) is 6.07 Å². The fourth-order valence-corrected chi connectivity index (χ4v) is 2.34. The van der Waals surface area contributed by atoms with E-state index >= 15 is 0 Å². The van der Waals surface area contributed by atoms with Crippen molar-refractivity contribution in [2.24, 2.45) is 11.8 Å². The van der Waals surface area contributed by atoms with Crippen LogP contribution in [-0.4, -0.2) is 23.0 Å². The largest absolute Gasteiger partial charge is 0.308 e. The summed E-state index contributed by atoms with van der Waals surface area (Å²) in [6.45, 7) is 5.73. The topological polar surface area (TPSA) is 54.2 Å². The lowest BCUT2D eigenvalue weighted by Crippen LogP contribution is -2.33. The van der Waals surface area contributed by atoms with Gasteiger partial charge in [-0.1, -0.05) is 6.92 Å². The maximum atomic E-state index is 5.35. The van der Waals surface area contributed by atoms with Gasteiger partial charge in [0.05, 0.1) is 0 Å². The number of nitrogens with zero attached hydrogens (tertiary/aromatic N) is 2. The molecule has 0 spiro atoms. The van der Waals surface area contributed by atoms with Crippen molar-refractivity contribution in [2.45, 2.75) is 26.3 Å². The van der Waals surface area contributed by atoms with Crippen LogP contribution in [0.15, 0.2) is 18.3 Å². The third-order valence-electron chi connectivity index (χ3n) is 3.12. The molecule has 2 heterocycles. The molecule has 0 aliphatic carbocycles. The number of nitrogens with one attached hydrogen (secondary N) is 1. The van der Waals surface area contributed by atoms with Crippen LogP contribution in [0.3, 0.4) is 0 Å². The van der Waals surface area contributed by atoms with Crippen LogP contribution in [0.2, 0.25) is 0 Å². The van der Waals surface area contributed by atoms with Gasteiger partial charge in [-0.05, 0) is 43.0 Å². The summed E-state index contributed by atoms with van der Waals surface area (Å²) in [6.07, 6.45) is 4.48. The third kappa shape index (κ3) is 2.93. The van der Waals surface area contributed by atoms with Gasteiger partial charge in [0.2, 0.25) is 0 Å². The minimum atomic E-state index is 0.738. The van der Waals surface area contributed by atoms with Crippen LogP contribution in [0.5, 0.6) is 0 Å². The zero-order chi connectivity index (χ0) is 11.4. The Morgan fingerprint density at radius 3 is 3.25 bits per heavy atom. The van der Waals surface area contributed by atoms with Gasteiger partial charge in [-0.15, -0.1) is 0 Å². The normalized spacial score (nSPS) is 22.0. The van der Waals surface area contributed by atoms with Gasteiger partial charge >= 0.3 is 0 Å². The molecule has 0 amide bonds. The van der Waals surface area contributed by atoms with E-state index in [2.05, 4.69) is 28.3 Å². The van der Waals surface area contributed by atoms with E-state index < -0.39 is 0 Å². The molecule has 3 N–H and O–H groups in total. The highest BCUT2D eigenvalue weighted by atomic mass is 15.2. The average Bonchev–Trinajstić information content (AvgIpc) is 2.29. The zero-order valence-corrected chi connectivity index (χ0v) is 9.82. The highest BCUT2D eigenvalue weighted by Crippen LogP contribution is 2.18. The number of likely N-dealkylation sites (tertiary alicyclic amines) is 1. The molecule has 0 saturated carbocycles. The monoisotopic (exact) mass is 220 g/mol. The van der Waals surface area contributed by atoms with Crippen molar-refractivity contribution >= 4 is 5.82 Å². The summed E-state index contributed by atoms with van der Waals surface area (Å²) in [5.74, 6) is 6.91. The summed E-state index contributed by atoms with van der Waals surface area (Å²) < 4.78 is 0. The Kier molecular flexibility index (Phi) is 3.74. The van der Waals surface area contributed by atoms with Crippen molar-refractivity contribution in [2.75, 3.05) is 18.5 Å². The predicted octanol–water partition coefficient (Wildman–Crippen LogP) is 1.60. The zero-order valence-electron chi connectivity index (χ0n) is 9.82. The van der Waals surface area contributed by atoms with Crippen LogP contribution in [0, 0.1) is 5.92 Å². The van der Waals surface area contributed by atoms with E-state index in [9.17, 15) is 0 Å². The summed E-state index contributed by atoms with van der Waals surface area (Å²) in [5, 5.41) is 0. The van der Waals surface area contributed by atoms with E-state index in [1.165, 1.54) is 31.5 Å². The molecular weight excluding hydrogens is 200 g/mol. The molecule has 0 bridgehead atoms. The van der Waals surface area contributed by atoms with Gasteiger partial charge in [0.15, 0.2) is 0 Å². The molecule has 1 aromatic rings. The lowest BCUT2D eigenvalue weighted by molar-refractivity contribution is 0.176. The van der Waals surface area contributed by atoms with Gasteiger partial charge in [0.25, 0.3) is 0 Å². The molecule has 0 radical (unpaired) electrons. The minimum Gasteiger partial charge on any atom is -0.308 e. The number of hydrogen-bond acceptors (Lipinski definition) is 4. The second-order valence-electron chi connectivity index (χ2n) is 4.68. The first-order valence-corrected chi connectivity index (χ1v) is 5.92. The molecule has 1 atom stereocenters. The first-order chi connectivity index (χ1) is 7.78. The number of piperidine rings is 1. The predicted molar refractivity (Wildman–Crippen MR) is 65.7 cm³/mol. The van der Waals surface area contributed by atoms with Crippen molar-refractivity contribution < 1.29 is 0 Å². The molecule has 16 heavy (non-hydrogen) atoms. The molecule has 1 aromatic heterocycles. The van der Waals surface area contributed by atoms with E-state index in [-0.39, 0.29) is 0 Å². The highest BCUT2D eigenvalue weighted by molar-refractivity contribution is 5.35. The molecule has 1 aliphatic rings. The summed E-state index contributed by atoms with van der Waals surface area (Å²) >= 11 is 0. The van der Waals surface area contributed by atoms with Crippen LogP contribution in [0.25, 0.3) is 0 Å². The molecule has 0 aromatic carbocycles. The Bertz CT molecular complexity index is 340. The Morgan fingerprint density at radius 2 is 2.50 bits per heavy atom. The van der Waals surface area contributed by atoms with Crippen LogP contribution in [0.4, 0.5) is 5.82 Å². The molecule has 88 valence electrons. The molecule has 2 rings (SSSR count). The third-order valence-corrected chi connectivity index (χ3v) is 3.12. The lowest BCUT2D eigenvalue weighted by atomic mass is 10.00. The average molecular weight is 220 g/mol. The summed E-state index contributed by atoms with van der Waals surface area (Å²) in [7, 11) is 0. The Balaban J connectivity index is 1.97. The molecule has 1 fully saturated rings. The number of pyridine rings is 1. The summed E-state index contributed by atoms with van der Waals surface area (Å²) in [4.78, 5) is 6.62. The SMILES string of the molecule is CC1CCCN(Cc2ccnc(NN)c2)C1. The van der Waals surface area contributed by atoms with E-state index in [1.54, 1.807) is 6.20 Å². The van der Waals surface area contributed by atoms with E-state index in [4.69, 9.17) is 5.84 Å². The van der Waals surface area contributed by atoms with Crippen molar-refractivity contribution in [3.05, 3.63) is 23.9 Å². The van der Waals surface area contributed by atoms with Crippen LogP contribution < -0.4 is 11.3 Å². The minimum absolute atomic E-state index is 0.738. The van der Waals surface area contributed by atoms with E-state index in [0.717, 1.165) is 18.3 Å². The van der Waals surface area contributed by atoms with Gasteiger partial charge < -0.3 is 5.43 Å². The number of hydrogen-bond donors (Lipinski definition) is 2. The smallest absolute Gasteiger partial charge is 0.140 e. The number of anilines is 1. The van der Waals surface area contributed by atoms with Crippen molar-refractivity contribution in [1.29, 1.82) is 0 Å². The second-order valence-corrected chi connectivity index (χ2v) is 4.68. The second kappa shape index (κ2) is 5.27. The lowest BCUT2D eigenvalue weighted by Gasteiger charge is -2.30. The standard InChI is InChI=1S/C12H20N4/c1-10-3-2-6-16(8-10)9-11-4-5-14-12(7-11)15-13/h4-5,7,10H,2-3,6,8-9,13H2,1H3,(H,14,15). The van der Waals surface area contributed by atoms with Crippen LogP contribution in [-0.2, 0) is 6.54 Å². The quantitative estimate of drug-likeness (QED) is 0.600. The molecule has 4 nitrogen and oxygen atoms in total. The van der Waals surface area contributed by atoms with Crippen LogP contribution in [0.1, 0.15) is 25.3 Å². The Hall–Kier alpha value is -1.13. The number of nitrogen functional groups attached to an aromatic ring is 1. The maximum Gasteiger partial charge on any atom is 0.140 e. The van der Waals surface area contributed by atoms with Crippen molar-refractivity contribution in [1.82, 2.24) is 9.88 Å². The van der Waals surface area contributed by atoms with Crippen LogP contribution >= 0.6 is 0 Å². The summed E-state index contributed by atoms with van der Waals surface area (Å²) in [6, 6.07) is 4.07. The molecular formula is C12H20N4. The molecule has 4 heteroatoms.